The average molecular weight is 420 g/mol. The molecule has 2 saturated heterocycles. The van der Waals surface area contributed by atoms with Crippen LogP contribution in [-0.4, -0.2) is 51.6 Å². The van der Waals surface area contributed by atoms with Crippen LogP contribution in [0.3, 0.4) is 0 Å². The van der Waals surface area contributed by atoms with Crippen molar-refractivity contribution in [3.05, 3.63) is 42.0 Å². The predicted octanol–water partition coefficient (Wildman–Crippen LogP) is 3.73. The van der Waals surface area contributed by atoms with E-state index in [0.717, 1.165) is 85.9 Å². The van der Waals surface area contributed by atoms with E-state index in [9.17, 15) is 5.26 Å². The van der Waals surface area contributed by atoms with Gasteiger partial charge in [0.1, 0.15) is 19.3 Å². The Hall–Kier alpha value is -2.75. The number of anilines is 1. The molecule has 0 spiro atoms. The topological polar surface area (TPSA) is 66.8 Å². The van der Waals surface area contributed by atoms with Crippen molar-refractivity contribution in [3.63, 3.8) is 0 Å². The monoisotopic (exact) mass is 419 g/mol. The summed E-state index contributed by atoms with van der Waals surface area (Å²) >= 11 is 0. The lowest BCUT2D eigenvalue weighted by atomic mass is 9.96. The molecule has 2 fully saturated rings. The lowest BCUT2D eigenvalue weighted by molar-refractivity contribution is 0.0738. The Balaban J connectivity index is 1.32. The van der Waals surface area contributed by atoms with Crippen molar-refractivity contribution < 1.29 is 14.2 Å². The molecule has 0 aromatic heterocycles. The van der Waals surface area contributed by atoms with E-state index in [0.29, 0.717) is 25.3 Å². The average Bonchev–Trinajstić information content (AvgIpc) is 2.84. The number of hydrogen-bond donors (Lipinski definition) is 1. The number of benzene rings is 2. The number of piperidine rings is 1. The molecule has 0 bridgehead atoms. The quantitative estimate of drug-likeness (QED) is 0.815. The molecule has 6 heteroatoms. The van der Waals surface area contributed by atoms with E-state index in [2.05, 4.69) is 28.4 Å². The second kappa shape index (κ2) is 9.17. The molecule has 2 aromatic rings. The molecule has 0 amide bonds. The molecule has 2 aromatic carbocycles. The molecule has 3 heterocycles. The van der Waals surface area contributed by atoms with Gasteiger partial charge >= 0.3 is 0 Å². The van der Waals surface area contributed by atoms with Crippen molar-refractivity contribution in [2.24, 2.45) is 0 Å². The summed E-state index contributed by atoms with van der Waals surface area (Å²) in [6, 6.07) is 15.7. The lowest BCUT2D eigenvalue weighted by Gasteiger charge is -2.37. The first-order valence-corrected chi connectivity index (χ1v) is 11.3. The van der Waals surface area contributed by atoms with E-state index >= 15 is 0 Å². The van der Waals surface area contributed by atoms with Crippen LogP contribution < -0.4 is 19.7 Å². The minimum Gasteiger partial charge on any atom is -0.486 e. The molecule has 0 radical (unpaired) electrons. The van der Waals surface area contributed by atoms with Crippen molar-refractivity contribution in [3.8, 4) is 28.7 Å². The predicted molar refractivity (Wildman–Crippen MR) is 120 cm³/mol. The van der Waals surface area contributed by atoms with Gasteiger partial charge in [-0.25, -0.2) is 0 Å². The molecule has 0 aliphatic carbocycles. The highest BCUT2D eigenvalue weighted by molar-refractivity contribution is 5.79. The largest absolute Gasteiger partial charge is 0.486 e. The maximum atomic E-state index is 10.0. The van der Waals surface area contributed by atoms with Gasteiger partial charge in [-0.3, -0.25) is 0 Å². The van der Waals surface area contributed by atoms with E-state index in [4.69, 9.17) is 14.2 Å². The number of fused-ring (bicyclic) bond motifs is 1. The van der Waals surface area contributed by atoms with Crippen LogP contribution in [0.2, 0.25) is 0 Å². The summed E-state index contributed by atoms with van der Waals surface area (Å²) in [5, 5.41) is 13.9. The van der Waals surface area contributed by atoms with Gasteiger partial charge in [0.25, 0.3) is 0 Å². The molecule has 3 aliphatic heterocycles. The third-order valence-electron chi connectivity index (χ3n) is 6.54. The summed E-state index contributed by atoms with van der Waals surface area (Å²) in [5.74, 6) is 1.52. The normalized spacial score (nSPS) is 19.8. The van der Waals surface area contributed by atoms with E-state index in [1.54, 1.807) is 0 Å². The van der Waals surface area contributed by atoms with Crippen molar-refractivity contribution in [1.29, 1.82) is 5.26 Å². The molecule has 1 N–H and O–H groups in total. The molecule has 31 heavy (non-hydrogen) atoms. The van der Waals surface area contributed by atoms with Gasteiger partial charge in [0.2, 0.25) is 0 Å². The molecule has 162 valence electrons. The molecule has 0 atom stereocenters. The summed E-state index contributed by atoms with van der Waals surface area (Å²) < 4.78 is 16.9. The number of nitrogens with zero attached hydrogens (tertiary/aromatic N) is 2. The molecule has 0 saturated carbocycles. The Morgan fingerprint density at radius 3 is 2.39 bits per heavy atom. The zero-order valence-electron chi connectivity index (χ0n) is 17.8. The number of rotatable bonds is 4. The standard InChI is InChI=1S/C25H29N3O3/c26-17-22-21(18-4-5-24-25(16-18)31-15-14-30-24)2-1-3-23(22)28-10-6-19(7-11-28)27-20-8-12-29-13-9-20/h1-5,16,19-20,27H,6-15H2. The van der Waals surface area contributed by atoms with Crippen LogP contribution in [0.5, 0.6) is 11.5 Å². The van der Waals surface area contributed by atoms with Gasteiger partial charge in [-0.2, -0.15) is 5.26 Å². The van der Waals surface area contributed by atoms with E-state index in [-0.39, 0.29) is 0 Å². The van der Waals surface area contributed by atoms with Gasteiger partial charge < -0.3 is 24.4 Å². The summed E-state index contributed by atoms with van der Waals surface area (Å²) in [6.45, 7) is 4.78. The second-order valence-corrected chi connectivity index (χ2v) is 8.48. The first-order chi connectivity index (χ1) is 15.3. The number of nitriles is 1. The van der Waals surface area contributed by atoms with E-state index in [1.165, 1.54) is 0 Å². The van der Waals surface area contributed by atoms with Gasteiger partial charge in [0.05, 0.1) is 11.3 Å². The van der Waals surface area contributed by atoms with Crippen LogP contribution in [0.25, 0.3) is 11.1 Å². The minimum atomic E-state index is 0.547. The summed E-state index contributed by atoms with van der Waals surface area (Å²) in [6.07, 6.45) is 4.40. The molecule has 0 unspecified atom stereocenters. The zero-order valence-corrected chi connectivity index (χ0v) is 17.8. The second-order valence-electron chi connectivity index (χ2n) is 8.48. The molecule has 6 nitrogen and oxygen atoms in total. The fraction of sp³-hybridized carbons (Fsp3) is 0.480. The fourth-order valence-electron chi connectivity index (χ4n) is 4.86. The van der Waals surface area contributed by atoms with Crippen molar-refractivity contribution >= 4 is 5.69 Å². The van der Waals surface area contributed by atoms with Crippen LogP contribution in [0.4, 0.5) is 5.69 Å². The number of hydrogen-bond acceptors (Lipinski definition) is 6. The van der Waals surface area contributed by atoms with Crippen LogP contribution in [0.1, 0.15) is 31.2 Å². The van der Waals surface area contributed by atoms with Crippen molar-refractivity contribution in [2.75, 3.05) is 44.4 Å². The first-order valence-electron chi connectivity index (χ1n) is 11.3. The lowest BCUT2D eigenvalue weighted by Crippen LogP contribution is -2.47. The smallest absolute Gasteiger partial charge is 0.161 e. The van der Waals surface area contributed by atoms with Gasteiger partial charge in [-0.05, 0) is 49.4 Å². The Morgan fingerprint density at radius 2 is 1.61 bits per heavy atom. The molecular weight excluding hydrogens is 390 g/mol. The van der Waals surface area contributed by atoms with Crippen LogP contribution >= 0.6 is 0 Å². The van der Waals surface area contributed by atoms with Crippen molar-refractivity contribution in [1.82, 2.24) is 5.32 Å². The van der Waals surface area contributed by atoms with Gasteiger partial charge in [0.15, 0.2) is 11.5 Å². The van der Waals surface area contributed by atoms with Gasteiger partial charge in [0, 0.05) is 44.0 Å². The Bertz CT molecular complexity index is 957. The van der Waals surface area contributed by atoms with E-state index in [1.807, 2.05) is 24.3 Å². The first kappa shape index (κ1) is 20.2. The maximum Gasteiger partial charge on any atom is 0.161 e. The minimum absolute atomic E-state index is 0.547. The third kappa shape index (κ3) is 4.34. The van der Waals surface area contributed by atoms with Crippen molar-refractivity contribution in [2.45, 2.75) is 37.8 Å². The fourth-order valence-corrected chi connectivity index (χ4v) is 4.86. The summed E-state index contributed by atoms with van der Waals surface area (Å²) in [7, 11) is 0. The molecular formula is C25H29N3O3. The SMILES string of the molecule is N#Cc1c(-c2ccc3c(c2)OCCO3)cccc1N1CCC(NC2CCOCC2)CC1. The third-order valence-corrected chi connectivity index (χ3v) is 6.54. The highest BCUT2D eigenvalue weighted by Gasteiger charge is 2.25. The maximum absolute atomic E-state index is 10.0. The zero-order chi connectivity index (χ0) is 21.0. The van der Waals surface area contributed by atoms with E-state index < -0.39 is 0 Å². The Morgan fingerprint density at radius 1 is 0.871 bits per heavy atom. The Kier molecular flexibility index (Phi) is 5.97. The van der Waals surface area contributed by atoms with Gasteiger partial charge in [-0.15, -0.1) is 0 Å². The van der Waals surface area contributed by atoms with Crippen LogP contribution in [0.15, 0.2) is 36.4 Å². The van der Waals surface area contributed by atoms with Gasteiger partial charge in [-0.1, -0.05) is 18.2 Å². The molecule has 3 aliphatic rings. The highest BCUT2D eigenvalue weighted by atomic mass is 16.6. The van der Waals surface area contributed by atoms with Crippen LogP contribution in [-0.2, 0) is 4.74 Å². The number of ether oxygens (including phenoxy) is 3. The summed E-state index contributed by atoms with van der Waals surface area (Å²) in [5.41, 5.74) is 3.69. The number of nitrogens with one attached hydrogen (secondary N) is 1. The summed E-state index contributed by atoms with van der Waals surface area (Å²) in [4.78, 5) is 2.36. The Labute approximate surface area is 183 Å². The molecule has 5 rings (SSSR count). The highest BCUT2D eigenvalue weighted by Crippen LogP contribution is 2.38. The van der Waals surface area contributed by atoms with Crippen LogP contribution in [0, 0.1) is 11.3 Å².